The Morgan fingerprint density at radius 2 is 2.23 bits per heavy atom. The Hall–Kier alpha value is -0.670. The summed E-state index contributed by atoms with van der Waals surface area (Å²) in [7, 11) is 0. The molecule has 0 saturated heterocycles. The van der Waals surface area contributed by atoms with Gasteiger partial charge in [-0.05, 0) is 24.7 Å². The number of rotatable bonds is 3. The molecule has 0 spiro atoms. The third-order valence-electron chi connectivity index (χ3n) is 2.26. The van der Waals surface area contributed by atoms with Crippen LogP contribution >= 0.6 is 0 Å². The molecule has 1 aliphatic rings. The van der Waals surface area contributed by atoms with Crippen LogP contribution in [0.15, 0.2) is 5.10 Å². The molecular formula is C9H16F2N2. The number of nitrogens with one attached hydrogen (secondary N) is 1. The first-order chi connectivity index (χ1) is 5.99. The Morgan fingerprint density at radius 1 is 1.54 bits per heavy atom. The van der Waals surface area contributed by atoms with Crippen molar-refractivity contribution in [3.05, 3.63) is 0 Å². The van der Waals surface area contributed by atoms with Crippen molar-refractivity contribution in [1.82, 2.24) is 5.43 Å². The van der Waals surface area contributed by atoms with Crippen molar-refractivity contribution < 1.29 is 8.78 Å². The van der Waals surface area contributed by atoms with E-state index in [1.807, 2.05) is 0 Å². The van der Waals surface area contributed by atoms with Gasteiger partial charge in [-0.15, -0.1) is 0 Å². The molecule has 0 aliphatic heterocycles. The van der Waals surface area contributed by atoms with E-state index in [1.165, 1.54) is 0 Å². The minimum atomic E-state index is -2.32. The zero-order valence-electron chi connectivity index (χ0n) is 8.11. The summed E-state index contributed by atoms with van der Waals surface area (Å²) in [5.74, 6) is 0. The molecule has 0 heterocycles. The van der Waals surface area contributed by atoms with Crippen LogP contribution in [0.4, 0.5) is 8.78 Å². The normalized spacial score (nSPS) is 24.2. The van der Waals surface area contributed by atoms with E-state index < -0.39 is 6.43 Å². The molecule has 76 valence electrons. The molecule has 1 aliphatic carbocycles. The first-order valence-electron chi connectivity index (χ1n) is 4.56. The van der Waals surface area contributed by atoms with E-state index in [-0.39, 0.29) is 6.54 Å². The SMILES string of the molecule is CC1(C)CC/C(=N/NCC(F)F)C1. The number of halogens is 2. The van der Waals surface area contributed by atoms with Crippen molar-refractivity contribution in [2.24, 2.45) is 10.5 Å². The van der Waals surface area contributed by atoms with Gasteiger partial charge < -0.3 is 5.43 Å². The molecule has 1 rings (SSSR count). The topological polar surface area (TPSA) is 24.4 Å². The molecule has 1 N–H and O–H groups in total. The van der Waals surface area contributed by atoms with Crippen LogP contribution in [0, 0.1) is 5.41 Å². The fraction of sp³-hybridized carbons (Fsp3) is 0.889. The van der Waals surface area contributed by atoms with Gasteiger partial charge in [-0.1, -0.05) is 13.8 Å². The van der Waals surface area contributed by atoms with Gasteiger partial charge in [0.25, 0.3) is 6.43 Å². The van der Waals surface area contributed by atoms with Crippen LogP contribution in [0.3, 0.4) is 0 Å². The molecule has 0 aromatic rings. The van der Waals surface area contributed by atoms with Crippen molar-refractivity contribution in [2.45, 2.75) is 39.5 Å². The molecule has 0 aromatic heterocycles. The lowest BCUT2D eigenvalue weighted by Gasteiger charge is -2.13. The summed E-state index contributed by atoms with van der Waals surface area (Å²) in [6, 6.07) is 0. The van der Waals surface area contributed by atoms with Gasteiger partial charge in [-0.3, -0.25) is 0 Å². The molecule has 0 bridgehead atoms. The van der Waals surface area contributed by atoms with Gasteiger partial charge in [0.1, 0.15) is 0 Å². The van der Waals surface area contributed by atoms with Crippen LogP contribution in [0.1, 0.15) is 33.1 Å². The quantitative estimate of drug-likeness (QED) is 0.679. The first kappa shape index (κ1) is 10.4. The molecule has 1 fully saturated rings. The highest BCUT2D eigenvalue weighted by Gasteiger charge is 2.27. The van der Waals surface area contributed by atoms with Crippen LogP contribution in [0.2, 0.25) is 0 Å². The first-order valence-corrected chi connectivity index (χ1v) is 4.56. The second-order valence-corrected chi connectivity index (χ2v) is 4.27. The molecular weight excluding hydrogens is 174 g/mol. The van der Waals surface area contributed by atoms with E-state index in [0.717, 1.165) is 25.0 Å². The van der Waals surface area contributed by atoms with Gasteiger partial charge in [-0.25, -0.2) is 8.78 Å². The third kappa shape index (κ3) is 3.70. The van der Waals surface area contributed by atoms with Gasteiger partial charge >= 0.3 is 0 Å². The number of hydrogen-bond acceptors (Lipinski definition) is 2. The molecule has 2 nitrogen and oxygen atoms in total. The zero-order chi connectivity index (χ0) is 9.90. The minimum absolute atomic E-state index is 0.297. The third-order valence-corrected chi connectivity index (χ3v) is 2.26. The Labute approximate surface area is 77.4 Å². The Morgan fingerprint density at radius 3 is 2.69 bits per heavy atom. The Balaban J connectivity index is 2.29. The summed E-state index contributed by atoms with van der Waals surface area (Å²) >= 11 is 0. The van der Waals surface area contributed by atoms with Crippen LogP contribution in [0.25, 0.3) is 0 Å². The van der Waals surface area contributed by atoms with Crippen molar-refractivity contribution in [1.29, 1.82) is 0 Å². The largest absolute Gasteiger partial charge is 0.304 e. The van der Waals surface area contributed by atoms with E-state index in [1.54, 1.807) is 0 Å². The maximum Gasteiger partial charge on any atom is 0.257 e. The number of alkyl halides is 2. The second-order valence-electron chi connectivity index (χ2n) is 4.27. The van der Waals surface area contributed by atoms with E-state index in [4.69, 9.17) is 0 Å². The molecule has 1 saturated carbocycles. The summed E-state index contributed by atoms with van der Waals surface area (Å²) in [6.07, 6.45) is 0.632. The van der Waals surface area contributed by atoms with Crippen LogP contribution in [-0.4, -0.2) is 18.7 Å². The van der Waals surface area contributed by atoms with Crippen LogP contribution < -0.4 is 5.43 Å². The van der Waals surface area contributed by atoms with Gasteiger partial charge in [0.15, 0.2) is 0 Å². The lowest BCUT2D eigenvalue weighted by atomic mass is 9.92. The van der Waals surface area contributed by atoms with Gasteiger partial charge in [-0.2, -0.15) is 5.10 Å². The van der Waals surface area contributed by atoms with E-state index in [0.29, 0.717) is 5.41 Å². The van der Waals surface area contributed by atoms with Gasteiger partial charge in [0, 0.05) is 5.71 Å². The molecule has 0 atom stereocenters. The summed E-state index contributed by atoms with van der Waals surface area (Å²) in [5.41, 5.74) is 3.72. The predicted molar refractivity (Wildman–Crippen MR) is 49.1 cm³/mol. The highest BCUT2D eigenvalue weighted by Crippen LogP contribution is 2.34. The number of nitrogens with zero attached hydrogens (tertiary/aromatic N) is 1. The highest BCUT2D eigenvalue weighted by molar-refractivity contribution is 5.86. The average Bonchev–Trinajstić information content (AvgIpc) is 2.29. The lowest BCUT2D eigenvalue weighted by Crippen LogP contribution is -2.17. The zero-order valence-corrected chi connectivity index (χ0v) is 8.11. The molecule has 0 radical (unpaired) electrons. The molecule has 0 unspecified atom stereocenters. The Kier molecular flexibility index (Phi) is 3.22. The summed E-state index contributed by atoms with van der Waals surface area (Å²) in [5, 5.41) is 3.95. The lowest BCUT2D eigenvalue weighted by molar-refractivity contribution is 0.146. The fourth-order valence-corrected chi connectivity index (χ4v) is 1.53. The highest BCUT2D eigenvalue weighted by atomic mass is 19.3. The van der Waals surface area contributed by atoms with Gasteiger partial charge in [0.2, 0.25) is 0 Å². The van der Waals surface area contributed by atoms with E-state index >= 15 is 0 Å². The summed E-state index contributed by atoms with van der Waals surface area (Å²) in [6.45, 7) is 4.00. The number of hydrogen-bond donors (Lipinski definition) is 1. The van der Waals surface area contributed by atoms with E-state index in [9.17, 15) is 8.78 Å². The van der Waals surface area contributed by atoms with Crippen molar-refractivity contribution in [3.63, 3.8) is 0 Å². The fourth-order valence-electron chi connectivity index (χ4n) is 1.53. The maximum atomic E-state index is 11.7. The molecule has 0 amide bonds. The standard InChI is InChI=1S/C9H16F2N2/c1-9(2)4-3-7(5-9)13-12-6-8(10)11/h8,12H,3-6H2,1-2H3/b13-7-. The van der Waals surface area contributed by atoms with Crippen LogP contribution in [0.5, 0.6) is 0 Å². The van der Waals surface area contributed by atoms with Gasteiger partial charge in [0.05, 0.1) is 6.54 Å². The maximum absolute atomic E-state index is 11.7. The van der Waals surface area contributed by atoms with Crippen molar-refractivity contribution in [2.75, 3.05) is 6.54 Å². The monoisotopic (exact) mass is 190 g/mol. The van der Waals surface area contributed by atoms with Crippen LogP contribution in [-0.2, 0) is 0 Å². The minimum Gasteiger partial charge on any atom is -0.304 e. The van der Waals surface area contributed by atoms with Crippen molar-refractivity contribution in [3.8, 4) is 0 Å². The molecule has 4 heteroatoms. The predicted octanol–water partition coefficient (Wildman–Crippen LogP) is 2.41. The summed E-state index contributed by atoms with van der Waals surface area (Å²) < 4.78 is 23.5. The summed E-state index contributed by atoms with van der Waals surface area (Å²) in [4.78, 5) is 0. The number of hydrazone groups is 1. The van der Waals surface area contributed by atoms with Crippen molar-refractivity contribution >= 4 is 5.71 Å². The molecule has 0 aromatic carbocycles. The van der Waals surface area contributed by atoms with E-state index in [2.05, 4.69) is 24.4 Å². The second kappa shape index (κ2) is 4.03. The average molecular weight is 190 g/mol. The Bertz CT molecular complexity index is 200. The molecule has 13 heavy (non-hydrogen) atoms. The smallest absolute Gasteiger partial charge is 0.257 e.